The number of para-hydroxylation sites is 1. The lowest BCUT2D eigenvalue weighted by atomic mass is 10.00. The van der Waals surface area contributed by atoms with Crippen molar-refractivity contribution in [1.82, 2.24) is 5.32 Å². The molecule has 2 rings (SSSR count). The van der Waals surface area contributed by atoms with Gasteiger partial charge in [-0.05, 0) is 12.0 Å². The van der Waals surface area contributed by atoms with Crippen molar-refractivity contribution in [2.24, 2.45) is 5.92 Å². The molecule has 0 unspecified atom stereocenters. The minimum Gasteiger partial charge on any atom is -0.464 e. The van der Waals surface area contributed by atoms with Gasteiger partial charge in [-0.25, -0.2) is 0 Å². The average molecular weight is 273 g/mol. The molecule has 0 aliphatic heterocycles. The largest absolute Gasteiger partial charge is 0.464 e. The van der Waals surface area contributed by atoms with Gasteiger partial charge >= 0.3 is 0 Å². The molecule has 0 atom stereocenters. The van der Waals surface area contributed by atoms with Crippen molar-refractivity contribution in [3.8, 4) is 0 Å². The highest BCUT2D eigenvalue weighted by Crippen LogP contribution is 2.24. The highest BCUT2D eigenvalue weighted by atomic mass is 16.5. The van der Waals surface area contributed by atoms with Crippen molar-refractivity contribution in [1.29, 1.82) is 0 Å². The molecule has 0 saturated heterocycles. The molecule has 1 aromatic carbocycles. The predicted octanol–water partition coefficient (Wildman–Crippen LogP) is 3.71. The molecule has 0 fully saturated rings. The highest BCUT2D eigenvalue weighted by molar-refractivity contribution is 5.87. The van der Waals surface area contributed by atoms with Gasteiger partial charge in [-0.3, -0.25) is 0 Å². The SMILES string of the molecule is COCCNC/C(=C/c1coc2ccccc12)C(C)C. The standard InChI is InChI=1S/C17H23NO2/c1-13(2)14(11-18-8-9-19-3)10-15-12-20-17-7-5-4-6-16(15)17/h4-7,10,12-13,18H,8-9,11H2,1-3H3/b14-10-. The highest BCUT2D eigenvalue weighted by Gasteiger charge is 2.07. The number of hydrogen-bond donors (Lipinski definition) is 1. The molecule has 0 amide bonds. The molecule has 0 radical (unpaired) electrons. The lowest BCUT2D eigenvalue weighted by Crippen LogP contribution is -2.23. The number of furan rings is 1. The quantitative estimate of drug-likeness (QED) is 0.781. The number of nitrogens with one attached hydrogen (secondary N) is 1. The maximum absolute atomic E-state index is 5.59. The van der Waals surface area contributed by atoms with Crippen LogP contribution in [0.1, 0.15) is 19.4 Å². The number of rotatable bonds is 7. The Hall–Kier alpha value is -1.58. The zero-order chi connectivity index (χ0) is 14.4. The molecule has 1 heterocycles. The van der Waals surface area contributed by atoms with Crippen LogP contribution in [0.2, 0.25) is 0 Å². The second-order valence-electron chi connectivity index (χ2n) is 5.23. The summed E-state index contributed by atoms with van der Waals surface area (Å²) < 4.78 is 10.6. The Morgan fingerprint density at radius 2 is 2.15 bits per heavy atom. The maximum Gasteiger partial charge on any atom is 0.134 e. The van der Waals surface area contributed by atoms with E-state index in [2.05, 4.69) is 31.3 Å². The van der Waals surface area contributed by atoms with Crippen LogP contribution in [-0.2, 0) is 4.74 Å². The van der Waals surface area contributed by atoms with Crippen molar-refractivity contribution in [3.05, 3.63) is 41.7 Å². The van der Waals surface area contributed by atoms with Crippen LogP contribution in [-0.4, -0.2) is 26.8 Å². The molecule has 1 N–H and O–H groups in total. The van der Waals surface area contributed by atoms with E-state index >= 15 is 0 Å². The third-order valence-corrected chi connectivity index (χ3v) is 3.41. The third kappa shape index (κ3) is 3.71. The van der Waals surface area contributed by atoms with Gasteiger partial charge in [0.15, 0.2) is 0 Å². The summed E-state index contributed by atoms with van der Waals surface area (Å²) in [5.41, 5.74) is 3.46. The summed E-state index contributed by atoms with van der Waals surface area (Å²) in [7, 11) is 1.72. The van der Waals surface area contributed by atoms with Crippen molar-refractivity contribution >= 4 is 17.0 Å². The smallest absolute Gasteiger partial charge is 0.134 e. The van der Waals surface area contributed by atoms with Gasteiger partial charge in [0, 0.05) is 31.1 Å². The Labute approximate surface area is 120 Å². The summed E-state index contributed by atoms with van der Waals surface area (Å²) >= 11 is 0. The fourth-order valence-electron chi connectivity index (χ4n) is 2.14. The molecule has 108 valence electrons. The zero-order valence-corrected chi connectivity index (χ0v) is 12.5. The van der Waals surface area contributed by atoms with Crippen LogP contribution in [0, 0.1) is 5.92 Å². The molecule has 1 aromatic heterocycles. The first-order valence-corrected chi connectivity index (χ1v) is 7.08. The van der Waals surface area contributed by atoms with Gasteiger partial charge < -0.3 is 14.5 Å². The van der Waals surface area contributed by atoms with Gasteiger partial charge in [0.25, 0.3) is 0 Å². The number of fused-ring (bicyclic) bond motifs is 1. The summed E-state index contributed by atoms with van der Waals surface area (Å²) in [6.07, 6.45) is 4.07. The number of ether oxygens (including phenoxy) is 1. The summed E-state index contributed by atoms with van der Waals surface area (Å²) in [6.45, 7) is 6.91. The van der Waals surface area contributed by atoms with E-state index in [0.29, 0.717) is 5.92 Å². The minimum atomic E-state index is 0.499. The van der Waals surface area contributed by atoms with Crippen LogP contribution >= 0.6 is 0 Å². The molecular weight excluding hydrogens is 250 g/mol. The molecule has 3 heteroatoms. The lowest BCUT2D eigenvalue weighted by Gasteiger charge is -2.12. The summed E-state index contributed by atoms with van der Waals surface area (Å²) in [6, 6.07) is 8.13. The lowest BCUT2D eigenvalue weighted by molar-refractivity contribution is 0.200. The predicted molar refractivity (Wildman–Crippen MR) is 83.8 cm³/mol. The molecule has 0 spiro atoms. The molecule has 0 bridgehead atoms. The summed E-state index contributed by atoms with van der Waals surface area (Å²) in [4.78, 5) is 0. The van der Waals surface area contributed by atoms with Crippen LogP contribution < -0.4 is 5.32 Å². The van der Waals surface area contributed by atoms with E-state index in [1.54, 1.807) is 7.11 Å². The molecule has 2 aromatic rings. The van der Waals surface area contributed by atoms with E-state index in [1.807, 2.05) is 24.5 Å². The molecule has 0 aliphatic carbocycles. The normalized spacial score (nSPS) is 12.5. The van der Waals surface area contributed by atoms with Crippen LogP contribution in [0.4, 0.5) is 0 Å². The van der Waals surface area contributed by atoms with Gasteiger partial charge in [0.1, 0.15) is 5.58 Å². The van der Waals surface area contributed by atoms with Crippen LogP contribution in [0.15, 0.2) is 40.5 Å². The third-order valence-electron chi connectivity index (χ3n) is 3.41. The van der Waals surface area contributed by atoms with Gasteiger partial charge in [-0.15, -0.1) is 0 Å². The van der Waals surface area contributed by atoms with E-state index in [1.165, 1.54) is 11.0 Å². The van der Waals surface area contributed by atoms with E-state index in [4.69, 9.17) is 9.15 Å². The number of benzene rings is 1. The van der Waals surface area contributed by atoms with Crippen molar-refractivity contribution in [2.75, 3.05) is 26.8 Å². The Bertz CT molecular complexity index is 569. The average Bonchev–Trinajstić information content (AvgIpc) is 2.85. The fourth-order valence-corrected chi connectivity index (χ4v) is 2.14. The van der Waals surface area contributed by atoms with Crippen molar-refractivity contribution < 1.29 is 9.15 Å². The zero-order valence-electron chi connectivity index (χ0n) is 12.5. The van der Waals surface area contributed by atoms with Crippen molar-refractivity contribution in [3.63, 3.8) is 0 Å². The summed E-state index contributed by atoms with van der Waals surface area (Å²) in [5.74, 6) is 0.499. The van der Waals surface area contributed by atoms with Gasteiger partial charge in [-0.2, -0.15) is 0 Å². The first kappa shape index (κ1) is 14.8. The Balaban J connectivity index is 2.15. The maximum atomic E-state index is 5.59. The Kier molecular flexibility index (Phi) is 5.39. The molecule has 20 heavy (non-hydrogen) atoms. The number of hydrogen-bond acceptors (Lipinski definition) is 3. The van der Waals surface area contributed by atoms with Crippen LogP contribution in [0.5, 0.6) is 0 Å². The Morgan fingerprint density at radius 1 is 1.35 bits per heavy atom. The van der Waals surface area contributed by atoms with Crippen molar-refractivity contribution in [2.45, 2.75) is 13.8 Å². The first-order chi connectivity index (χ1) is 9.72. The second-order valence-corrected chi connectivity index (χ2v) is 5.23. The monoisotopic (exact) mass is 273 g/mol. The first-order valence-electron chi connectivity index (χ1n) is 7.08. The van der Waals surface area contributed by atoms with Gasteiger partial charge in [0.2, 0.25) is 0 Å². The fraction of sp³-hybridized carbons (Fsp3) is 0.412. The molecule has 3 nitrogen and oxygen atoms in total. The van der Waals surface area contributed by atoms with Gasteiger partial charge in [-0.1, -0.05) is 43.7 Å². The second kappa shape index (κ2) is 7.27. The molecule has 0 aliphatic rings. The topological polar surface area (TPSA) is 34.4 Å². The number of methoxy groups -OCH3 is 1. The van der Waals surface area contributed by atoms with Gasteiger partial charge in [0.05, 0.1) is 12.9 Å². The van der Waals surface area contributed by atoms with Crippen LogP contribution in [0.3, 0.4) is 0 Å². The van der Waals surface area contributed by atoms with E-state index in [0.717, 1.165) is 30.8 Å². The van der Waals surface area contributed by atoms with E-state index in [9.17, 15) is 0 Å². The molecule has 0 saturated carbocycles. The minimum absolute atomic E-state index is 0.499. The van der Waals surface area contributed by atoms with E-state index in [-0.39, 0.29) is 0 Å². The Morgan fingerprint density at radius 3 is 2.90 bits per heavy atom. The van der Waals surface area contributed by atoms with Crippen LogP contribution in [0.25, 0.3) is 17.0 Å². The summed E-state index contributed by atoms with van der Waals surface area (Å²) in [5, 5.41) is 4.57. The molecular formula is C17H23NO2. The van der Waals surface area contributed by atoms with E-state index < -0.39 is 0 Å².